The zero-order valence-corrected chi connectivity index (χ0v) is 8.91. The van der Waals surface area contributed by atoms with Crippen LogP contribution in [-0.4, -0.2) is 48.8 Å². The molecule has 0 aromatic carbocycles. The van der Waals surface area contributed by atoms with E-state index in [-0.39, 0.29) is 0 Å². The van der Waals surface area contributed by atoms with Crippen molar-refractivity contribution in [1.82, 2.24) is 10.2 Å². The third-order valence-corrected chi connectivity index (χ3v) is 3.68. The molecular weight excluding hydrogens is 176 g/mol. The Morgan fingerprint density at radius 3 is 2.43 bits per heavy atom. The van der Waals surface area contributed by atoms with Gasteiger partial charge in [0.05, 0.1) is 0 Å². The van der Waals surface area contributed by atoms with E-state index in [0.29, 0.717) is 12.5 Å². The lowest BCUT2D eigenvalue weighted by Gasteiger charge is -2.34. The molecule has 2 heterocycles. The second-order valence-corrected chi connectivity index (χ2v) is 4.70. The van der Waals surface area contributed by atoms with Crippen molar-refractivity contribution in [2.75, 3.05) is 32.8 Å². The van der Waals surface area contributed by atoms with E-state index in [1.54, 1.807) is 0 Å². The van der Waals surface area contributed by atoms with Gasteiger partial charge < -0.3 is 15.3 Å². The molecule has 0 radical (unpaired) electrons. The first kappa shape index (κ1) is 10.4. The number of hydrogen-bond acceptors (Lipinski definition) is 3. The van der Waals surface area contributed by atoms with Crippen molar-refractivity contribution >= 4 is 0 Å². The Morgan fingerprint density at radius 1 is 1.21 bits per heavy atom. The van der Waals surface area contributed by atoms with Crippen molar-refractivity contribution in [3.63, 3.8) is 0 Å². The molecule has 0 aromatic rings. The Balaban J connectivity index is 1.58. The van der Waals surface area contributed by atoms with Gasteiger partial charge in [-0.2, -0.15) is 0 Å². The van der Waals surface area contributed by atoms with E-state index >= 15 is 0 Å². The van der Waals surface area contributed by atoms with Gasteiger partial charge >= 0.3 is 0 Å². The third-order valence-electron chi connectivity index (χ3n) is 3.68. The van der Waals surface area contributed by atoms with E-state index in [4.69, 9.17) is 5.11 Å². The highest BCUT2D eigenvalue weighted by Crippen LogP contribution is 2.17. The van der Waals surface area contributed by atoms with Gasteiger partial charge in [0.25, 0.3) is 0 Å². The first-order chi connectivity index (χ1) is 6.88. The third kappa shape index (κ3) is 2.69. The van der Waals surface area contributed by atoms with Gasteiger partial charge in [-0.15, -0.1) is 0 Å². The number of hydrogen-bond donors (Lipinski definition) is 2. The predicted molar refractivity (Wildman–Crippen MR) is 57.3 cm³/mol. The van der Waals surface area contributed by atoms with Crippen LogP contribution in [0.2, 0.25) is 0 Å². The van der Waals surface area contributed by atoms with Crippen LogP contribution in [0, 0.1) is 5.92 Å². The molecule has 0 aromatic heterocycles. The van der Waals surface area contributed by atoms with Crippen LogP contribution in [0.1, 0.15) is 25.7 Å². The predicted octanol–water partition coefficient (Wildman–Crippen LogP) is 0.443. The number of aliphatic hydroxyl groups excluding tert-OH is 1. The summed E-state index contributed by atoms with van der Waals surface area (Å²) in [7, 11) is 0. The molecule has 14 heavy (non-hydrogen) atoms. The molecule has 0 bridgehead atoms. The molecule has 0 amide bonds. The molecule has 3 nitrogen and oxygen atoms in total. The van der Waals surface area contributed by atoms with Gasteiger partial charge in [0.1, 0.15) is 0 Å². The van der Waals surface area contributed by atoms with Gasteiger partial charge in [-0.25, -0.2) is 0 Å². The fourth-order valence-corrected chi connectivity index (χ4v) is 2.33. The van der Waals surface area contributed by atoms with Crippen molar-refractivity contribution in [2.45, 2.75) is 31.7 Å². The zero-order valence-electron chi connectivity index (χ0n) is 8.91. The molecule has 1 atom stereocenters. The van der Waals surface area contributed by atoms with Crippen LogP contribution in [-0.2, 0) is 0 Å². The van der Waals surface area contributed by atoms with Crippen LogP contribution in [0.15, 0.2) is 0 Å². The second-order valence-electron chi connectivity index (χ2n) is 4.70. The molecule has 82 valence electrons. The normalized spacial score (nSPS) is 30.2. The monoisotopic (exact) mass is 198 g/mol. The Kier molecular flexibility index (Phi) is 3.79. The van der Waals surface area contributed by atoms with E-state index in [9.17, 15) is 0 Å². The summed E-state index contributed by atoms with van der Waals surface area (Å²) in [6.07, 6.45) is 5.06. The first-order valence-electron chi connectivity index (χ1n) is 5.95. The van der Waals surface area contributed by atoms with E-state index in [2.05, 4.69) is 10.2 Å². The molecule has 2 rings (SSSR count). The number of likely N-dealkylation sites (tertiary alicyclic amines) is 1. The summed E-state index contributed by atoms with van der Waals surface area (Å²) in [4.78, 5) is 2.55. The summed E-state index contributed by atoms with van der Waals surface area (Å²) < 4.78 is 0. The summed E-state index contributed by atoms with van der Waals surface area (Å²) in [5, 5.41) is 12.5. The Bertz CT molecular complexity index is 163. The van der Waals surface area contributed by atoms with Crippen LogP contribution < -0.4 is 5.32 Å². The van der Waals surface area contributed by atoms with E-state index in [1.165, 1.54) is 51.9 Å². The van der Waals surface area contributed by atoms with Crippen molar-refractivity contribution in [2.24, 2.45) is 5.92 Å². The number of aliphatic hydroxyl groups is 1. The minimum Gasteiger partial charge on any atom is -0.396 e. The minimum atomic E-state index is 0.387. The summed E-state index contributed by atoms with van der Waals surface area (Å²) in [6.45, 7) is 5.24. The highest BCUT2D eigenvalue weighted by Gasteiger charge is 2.21. The molecule has 3 heteroatoms. The molecule has 0 saturated carbocycles. The lowest BCUT2D eigenvalue weighted by Crippen LogP contribution is -2.45. The molecule has 2 aliphatic rings. The average Bonchev–Trinajstić information content (AvgIpc) is 2.16. The quantitative estimate of drug-likeness (QED) is 0.688. The van der Waals surface area contributed by atoms with Crippen molar-refractivity contribution in [3.05, 3.63) is 0 Å². The fraction of sp³-hybridized carbons (Fsp3) is 1.00. The molecule has 1 unspecified atom stereocenters. The molecule has 0 aliphatic carbocycles. The van der Waals surface area contributed by atoms with Gasteiger partial charge in [-0.05, 0) is 57.8 Å². The van der Waals surface area contributed by atoms with E-state index in [1.807, 2.05) is 0 Å². The van der Waals surface area contributed by atoms with Crippen molar-refractivity contribution < 1.29 is 5.11 Å². The van der Waals surface area contributed by atoms with Crippen LogP contribution >= 0.6 is 0 Å². The summed E-state index contributed by atoms with van der Waals surface area (Å²) >= 11 is 0. The van der Waals surface area contributed by atoms with Crippen molar-refractivity contribution in [3.8, 4) is 0 Å². The highest BCUT2D eigenvalue weighted by molar-refractivity contribution is 4.79. The zero-order chi connectivity index (χ0) is 9.80. The van der Waals surface area contributed by atoms with Crippen LogP contribution in [0.3, 0.4) is 0 Å². The minimum absolute atomic E-state index is 0.387. The van der Waals surface area contributed by atoms with Gasteiger partial charge in [-0.3, -0.25) is 0 Å². The second kappa shape index (κ2) is 5.10. The Morgan fingerprint density at radius 2 is 1.93 bits per heavy atom. The number of rotatable bonds is 4. The Labute approximate surface area is 86.5 Å². The maximum absolute atomic E-state index is 9.01. The van der Waals surface area contributed by atoms with Gasteiger partial charge in [-0.1, -0.05) is 0 Å². The first-order valence-corrected chi connectivity index (χ1v) is 5.95. The largest absolute Gasteiger partial charge is 0.396 e. The molecule has 2 fully saturated rings. The molecule has 2 aliphatic heterocycles. The SMILES string of the molecule is OCC1CCN(CCC2CCN2)CC1. The molecule has 0 spiro atoms. The number of piperidine rings is 1. The standard InChI is InChI=1S/C11H22N2O/c14-9-10-2-6-13(7-3-10)8-4-11-1-5-12-11/h10-12,14H,1-9H2. The summed E-state index contributed by atoms with van der Waals surface area (Å²) in [5.74, 6) is 0.577. The Hall–Kier alpha value is -0.120. The fourth-order valence-electron chi connectivity index (χ4n) is 2.33. The van der Waals surface area contributed by atoms with Gasteiger partial charge in [0.15, 0.2) is 0 Å². The van der Waals surface area contributed by atoms with Crippen LogP contribution in [0.5, 0.6) is 0 Å². The molecular formula is C11H22N2O. The average molecular weight is 198 g/mol. The van der Waals surface area contributed by atoms with Gasteiger partial charge in [0.2, 0.25) is 0 Å². The maximum atomic E-state index is 9.01. The topological polar surface area (TPSA) is 35.5 Å². The molecule has 2 saturated heterocycles. The van der Waals surface area contributed by atoms with E-state index in [0.717, 1.165) is 6.04 Å². The molecule has 2 N–H and O–H groups in total. The number of nitrogens with zero attached hydrogens (tertiary/aromatic N) is 1. The smallest absolute Gasteiger partial charge is 0.0460 e. The summed E-state index contributed by atoms with van der Waals surface area (Å²) in [5.41, 5.74) is 0. The lowest BCUT2D eigenvalue weighted by molar-refractivity contribution is 0.125. The maximum Gasteiger partial charge on any atom is 0.0460 e. The summed E-state index contributed by atoms with van der Waals surface area (Å²) in [6, 6.07) is 0.797. The van der Waals surface area contributed by atoms with Crippen LogP contribution in [0.25, 0.3) is 0 Å². The van der Waals surface area contributed by atoms with E-state index < -0.39 is 0 Å². The lowest BCUT2D eigenvalue weighted by atomic mass is 9.97. The van der Waals surface area contributed by atoms with Crippen molar-refractivity contribution in [1.29, 1.82) is 0 Å². The highest BCUT2D eigenvalue weighted by atomic mass is 16.3. The van der Waals surface area contributed by atoms with Crippen LogP contribution in [0.4, 0.5) is 0 Å². The van der Waals surface area contributed by atoms with Gasteiger partial charge in [0, 0.05) is 12.6 Å². The number of nitrogens with one attached hydrogen (secondary N) is 1.